The number of phosphoric ester groups is 1. The third-order valence-electron chi connectivity index (χ3n) is 9.53. The first kappa shape index (κ1) is 42.7. The molecule has 7 rings (SSSR count). The maximum atomic E-state index is 14.0. The van der Waals surface area contributed by atoms with Gasteiger partial charge in [0.25, 0.3) is 0 Å². The summed E-state index contributed by atoms with van der Waals surface area (Å²) in [4.78, 5) is 65.8. The molecule has 0 aliphatic carbocycles. The lowest BCUT2D eigenvalue weighted by Crippen LogP contribution is -2.41. The molecule has 0 aromatic carbocycles. The first-order valence-corrected chi connectivity index (χ1v) is 20.2. The van der Waals surface area contributed by atoms with Gasteiger partial charge in [-0.2, -0.15) is 9.97 Å². The van der Waals surface area contributed by atoms with Crippen molar-refractivity contribution < 1.29 is 77.3 Å². The number of aliphatic hydroxyl groups excluding tert-OH is 6. The number of nitrogen functional groups attached to an aromatic ring is 3. The Kier molecular flexibility index (Phi) is 11.8. The van der Waals surface area contributed by atoms with E-state index in [1.807, 2.05) is 0 Å². The van der Waals surface area contributed by atoms with E-state index in [1.165, 1.54) is 12.1 Å². The van der Waals surface area contributed by atoms with Gasteiger partial charge in [0.15, 0.2) is 36.0 Å². The minimum absolute atomic E-state index is 0.0324. The second-order valence-corrected chi connectivity index (χ2v) is 16.7. The molecule has 3 saturated heterocycles. The predicted octanol–water partition coefficient (Wildman–Crippen LogP) is -5.39. The van der Waals surface area contributed by atoms with Crippen LogP contribution in [-0.2, 0) is 36.9 Å². The Hall–Kier alpha value is -4.39. The Balaban J connectivity index is 1.12. The number of fused-ring (bicyclic) bond motifs is 1. The van der Waals surface area contributed by atoms with Gasteiger partial charge in [-0.3, -0.25) is 27.3 Å². The fourth-order valence-electron chi connectivity index (χ4n) is 6.53. The fourth-order valence-corrected chi connectivity index (χ4v) is 9.28. The number of nitrogens with zero attached hydrogens (tertiary/aromatic N) is 8. The number of ether oxygens (including phenoxy) is 3. The van der Waals surface area contributed by atoms with E-state index in [0.717, 1.165) is 38.7 Å². The topological polar surface area (TPSA) is 443 Å². The molecule has 0 saturated carbocycles. The van der Waals surface area contributed by atoms with Crippen molar-refractivity contribution in [1.29, 1.82) is 0 Å². The minimum Gasteiger partial charge on any atom is -0.387 e. The number of imidazole rings is 1. The number of hydrogen-bond acceptors (Lipinski definition) is 24. The zero-order valence-corrected chi connectivity index (χ0v) is 31.5. The van der Waals surface area contributed by atoms with E-state index in [4.69, 9.17) is 45.0 Å². The van der Waals surface area contributed by atoms with Crippen LogP contribution in [0.25, 0.3) is 11.2 Å². The molecule has 3 aliphatic rings. The van der Waals surface area contributed by atoms with Gasteiger partial charge < -0.3 is 76.4 Å². The van der Waals surface area contributed by atoms with Crippen LogP contribution in [0.15, 0.2) is 46.8 Å². The first-order valence-electron chi connectivity index (χ1n) is 17.1. The Morgan fingerprint density at radius 2 is 1.20 bits per heavy atom. The molecule has 0 bridgehead atoms. The fraction of sp³-hybridized carbons (Fsp3) is 0.536. The maximum absolute atomic E-state index is 14.0. The number of rotatable bonds is 13. The standard InChI is InChI=1S/C28H37N11O18P2/c29-11-1-3-37(27(46)35-11)23-17(43)14(40)9(54-23)5-52-58(48,49)26(20-16(42)19(45)25(56-20)39-8-34-13-21(31)32-7-33-22(13)39)57-59(50,51)53-6-10-15(41)18(44)24(55-10)38-4-2-12(30)36-28(38)47/h1-4,7-10,14-20,23-26,40-45H,5-6H2,(H,48,49)(H,50,51)(H2,29,35,46)(H2,30,36,47)(H2,31,32,33)/t9-,10-,14-,15-,16+,17-,18-,19-,20+,23-,24-,25-,26?/m1/s1. The Labute approximate surface area is 327 Å². The summed E-state index contributed by atoms with van der Waals surface area (Å²) in [6, 6.07) is 2.38. The first-order chi connectivity index (χ1) is 27.8. The van der Waals surface area contributed by atoms with E-state index < -0.39 is 119 Å². The van der Waals surface area contributed by atoms with Crippen molar-refractivity contribution in [2.45, 2.75) is 79.5 Å². The SMILES string of the molecule is Nc1ccn([C@@H]2O[C@H](COP(=O)(O)OC([C@H]3O[C@@H](n4cnc5c(N)ncnc54)[C@H](O)[C@@H]3O)P(=O)(O)OC[C@H]3O[C@@H](n4ccc(N)nc4=O)[C@H](O)[C@@H]3O)[C@@H](O)[C@H]2O)c(=O)n1. The second kappa shape index (κ2) is 16.2. The molecule has 31 heteroatoms. The number of hydrogen-bond donors (Lipinski definition) is 11. The van der Waals surface area contributed by atoms with Crippen molar-refractivity contribution in [1.82, 2.24) is 38.6 Å². The van der Waals surface area contributed by atoms with Crippen LogP contribution in [0.3, 0.4) is 0 Å². The Bertz CT molecular complexity index is 2410. The number of nitrogens with two attached hydrogens (primary N) is 3. The van der Waals surface area contributed by atoms with E-state index in [9.17, 15) is 59.1 Å². The van der Waals surface area contributed by atoms with Crippen LogP contribution in [0.5, 0.6) is 0 Å². The smallest absolute Gasteiger partial charge is 0.387 e. The zero-order valence-electron chi connectivity index (χ0n) is 29.7. The van der Waals surface area contributed by atoms with Gasteiger partial charge >= 0.3 is 26.8 Å². The Morgan fingerprint density at radius 1 is 0.695 bits per heavy atom. The van der Waals surface area contributed by atoms with Crippen LogP contribution in [0.4, 0.5) is 17.5 Å². The molecule has 322 valence electrons. The summed E-state index contributed by atoms with van der Waals surface area (Å²) in [5.41, 5.74) is 14.9. The van der Waals surface area contributed by atoms with Gasteiger partial charge in [-0.1, -0.05) is 0 Å². The molecule has 4 aromatic rings. The molecular formula is C28H37N11O18P2. The highest BCUT2D eigenvalue weighted by Gasteiger charge is 2.57. The molecular weight excluding hydrogens is 840 g/mol. The molecule has 0 spiro atoms. The highest BCUT2D eigenvalue weighted by molar-refractivity contribution is 7.55. The predicted molar refractivity (Wildman–Crippen MR) is 190 cm³/mol. The van der Waals surface area contributed by atoms with Gasteiger partial charge in [-0.15, -0.1) is 0 Å². The molecule has 14 N–H and O–H groups in total. The van der Waals surface area contributed by atoms with Crippen LogP contribution in [0, 0.1) is 0 Å². The molecule has 4 aromatic heterocycles. The summed E-state index contributed by atoms with van der Waals surface area (Å²) in [5.74, 6) is -3.16. The molecule has 3 fully saturated rings. The van der Waals surface area contributed by atoms with Gasteiger partial charge in [0.2, 0.25) is 0 Å². The molecule has 3 aliphatic heterocycles. The molecule has 7 heterocycles. The van der Waals surface area contributed by atoms with Crippen molar-refractivity contribution in [2.24, 2.45) is 0 Å². The van der Waals surface area contributed by atoms with E-state index >= 15 is 0 Å². The van der Waals surface area contributed by atoms with Crippen LogP contribution in [0.2, 0.25) is 0 Å². The summed E-state index contributed by atoms with van der Waals surface area (Å²) in [6.45, 7) is -2.17. The third-order valence-corrected chi connectivity index (χ3v) is 12.2. The van der Waals surface area contributed by atoms with E-state index in [0.29, 0.717) is 0 Å². The van der Waals surface area contributed by atoms with Crippen LogP contribution < -0.4 is 28.6 Å². The molecule has 15 atom stereocenters. The summed E-state index contributed by atoms with van der Waals surface area (Å²) >= 11 is 0. The van der Waals surface area contributed by atoms with Crippen molar-refractivity contribution in [3.05, 3.63) is 58.1 Å². The third kappa shape index (κ3) is 8.24. The van der Waals surface area contributed by atoms with Crippen LogP contribution in [0.1, 0.15) is 18.7 Å². The summed E-state index contributed by atoms with van der Waals surface area (Å²) in [5, 5.41) is 64.8. The van der Waals surface area contributed by atoms with Crippen molar-refractivity contribution in [2.75, 3.05) is 30.4 Å². The lowest BCUT2D eigenvalue weighted by Gasteiger charge is -2.30. The van der Waals surface area contributed by atoms with E-state index in [1.54, 1.807) is 0 Å². The number of aliphatic hydroxyl groups is 6. The number of phosphoric acid groups is 1. The summed E-state index contributed by atoms with van der Waals surface area (Å²) < 4.78 is 62.2. The van der Waals surface area contributed by atoms with Gasteiger partial charge in [0.1, 0.15) is 78.4 Å². The average Bonchev–Trinajstić information content (AvgIpc) is 3.89. The number of anilines is 3. The van der Waals surface area contributed by atoms with Crippen LogP contribution in [-0.4, -0.2) is 153 Å². The molecule has 3 unspecified atom stereocenters. The average molecular weight is 878 g/mol. The lowest BCUT2D eigenvalue weighted by molar-refractivity contribution is -0.0773. The molecule has 59 heavy (non-hydrogen) atoms. The highest BCUT2D eigenvalue weighted by Crippen LogP contribution is 2.60. The molecule has 0 radical (unpaired) electrons. The largest absolute Gasteiger partial charge is 0.473 e. The van der Waals surface area contributed by atoms with Gasteiger partial charge in [-0.25, -0.2) is 29.1 Å². The summed E-state index contributed by atoms with van der Waals surface area (Å²) in [7, 11) is -11.3. The summed E-state index contributed by atoms with van der Waals surface area (Å²) in [6.07, 6.45) is -17.7. The van der Waals surface area contributed by atoms with Crippen molar-refractivity contribution in [3.63, 3.8) is 0 Å². The normalized spacial score (nSPS) is 33.6. The minimum atomic E-state index is -5.69. The lowest BCUT2D eigenvalue weighted by atomic mass is 10.1. The van der Waals surface area contributed by atoms with Crippen molar-refractivity contribution in [3.8, 4) is 0 Å². The highest BCUT2D eigenvalue weighted by atomic mass is 31.2. The second-order valence-electron chi connectivity index (χ2n) is 13.4. The van der Waals surface area contributed by atoms with Gasteiger partial charge in [0.05, 0.1) is 19.5 Å². The number of aromatic nitrogens is 8. The zero-order chi connectivity index (χ0) is 42.7. The Morgan fingerprint density at radius 3 is 1.75 bits per heavy atom. The van der Waals surface area contributed by atoms with Crippen LogP contribution >= 0.6 is 15.4 Å². The molecule has 29 nitrogen and oxygen atoms in total. The quantitative estimate of drug-likeness (QED) is 0.0558. The maximum Gasteiger partial charge on any atom is 0.473 e. The van der Waals surface area contributed by atoms with Gasteiger partial charge in [-0.05, 0) is 12.1 Å². The van der Waals surface area contributed by atoms with Crippen molar-refractivity contribution >= 4 is 44.0 Å². The van der Waals surface area contributed by atoms with Gasteiger partial charge in [0, 0.05) is 12.4 Å². The van der Waals surface area contributed by atoms with E-state index in [-0.39, 0.29) is 28.6 Å². The monoisotopic (exact) mass is 877 g/mol. The van der Waals surface area contributed by atoms with E-state index in [2.05, 4.69) is 24.9 Å². The molecule has 0 amide bonds.